The molecule has 2 aromatic heterocycles. The first-order valence-electron chi connectivity index (χ1n) is 4.79. The molecule has 0 saturated heterocycles. The maximum atomic E-state index is 11.4. The van der Waals surface area contributed by atoms with Gasteiger partial charge in [0.15, 0.2) is 0 Å². The van der Waals surface area contributed by atoms with Gasteiger partial charge in [0.05, 0.1) is 0 Å². The van der Waals surface area contributed by atoms with Gasteiger partial charge < -0.3 is 18.3 Å². The van der Waals surface area contributed by atoms with Crippen LogP contribution in [0, 0.1) is 0 Å². The van der Waals surface area contributed by atoms with E-state index in [0.29, 0.717) is 0 Å². The maximum Gasteiger partial charge on any atom is 0.418 e. The minimum Gasteiger partial charge on any atom is -0.365 e. The minimum atomic E-state index is -2.28. The zero-order chi connectivity index (χ0) is 13.0. The number of pyridine rings is 2. The van der Waals surface area contributed by atoms with Crippen LogP contribution in [0.25, 0.3) is 0 Å². The quantitative estimate of drug-likeness (QED) is 0.819. The Bertz CT molecular complexity index is 620. The van der Waals surface area contributed by atoms with Gasteiger partial charge in [0.2, 0.25) is 22.4 Å². The van der Waals surface area contributed by atoms with Gasteiger partial charge in [-0.2, -0.15) is 4.21 Å². The molecule has 7 nitrogen and oxygen atoms in total. The molecule has 0 bridgehead atoms. The smallest absolute Gasteiger partial charge is 0.365 e. The number of H-pyrrole nitrogens is 2. The molecule has 2 rings (SSSR count). The summed E-state index contributed by atoms with van der Waals surface area (Å²) in [5.74, 6) is -0.327. The normalized spacial score (nSPS) is 10.3. The summed E-state index contributed by atoms with van der Waals surface area (Å²) in [4.78, 5) is 27.7. The molecule has 2 aromatic rings. The van der Waals surface area contributed by atoms with Crippen LogP contribution in [0.1, 0.15) is 0 Å². The lowest BCUT2D eigenvalue weighted by molar-refractivity contribution is 0.456. The van der Waals surface area contributed by atoms with Crippen LogP contribution < -0.4 is 19.2 Å². The fourth-order valence-corrected chi connectivity index (χ4v) is 1.68. The second kappa shape index (κ2) is 5.32. The Morgan fingerprint density at radius 3 is 1.72 bits per heavy atom. The second-order valence-electron chi connectivity index (χ2n) is 3.12. The highest BCUT2D eigenvalue weighted by atomic mass is 32.2. The van der Waals surface area contributed by atoms with E-state index in [4.69, 9.17) is 8.37 Å². The molecule has 0 aromatic carbocycles. The van der Waals surface area contributed by atoms with E-state index in [-0.39, 0.29) is 11.5 Å². The Morgan fingerprint density at radius 2 is 1.33 bits per heavy atom. The van der Waals surface area contributed by atoms with E-state index in [1.807, 2.05) is 0 Å². The monoisotopic (exact) mass is 268 g/mol. The number of nitrogens with one attached hydrogen (secondary N) is 2. The van der Waals surface area contributed by atoms with E-state index in [9.17, 15) is 13.8 Å². The van der Waals surface area contributed by atoms with Crippen molar-refractivity contribution in [1.29, 1.82) is 0 Å². The van der Waals surface area contributed by atoms with E-state index in [1.54, 1.807) is 0 Å². The molecule has 0 aliphatic rings. The lowest BCUT2D eigenvalue weighted by Gasteiger charge is -2.03. The molecule has 0 spiro atoms. The third-order valence-corrected chi connectivity index (χ3v) is 2.52. The molecule has 8 heteroatoms. The van der Waals surface area contributed by atoms with Gasteiger partial charge in [-0.15, -0.1) is 0 Å². The molecule has 0 radical (unpaired) electrons. The summed E-state index contributed by atoms with van der Waals surface area (Å²) < 4.78 is 21.0. The molecule has 0 unspecified atom stereocenters. The molecular formula is C10H8N2O5S. The predicted octanol–water partition coefficient (Wildman–Crippen LogP) is 0.0997. The minimum absolute atomic E-state index is 0.164. The lowest BCUT2D eigenvalue weighted by Crippen LogP contribution is -2.16. The molecule has 0 aliphatic carbocycles. The zero-order valence-electron chi connectivity index (χ0n) is 8.91. The van der Waals surface area contributed by atoms with Crippen molar-refractivity contribution < 1.29 is 12.6 Å². The van der Waals surface area contributed by atoms with E-state index in [1.165, 1.54) is 36.9 Å². The molecule has 18 heavy (non-hydrogen) atoms. The third kappa shape index (κ3) is 2.86. The largest absolute Gasteiger partial charge is 0.418 e. The van der Waals surface area contributed by atoms with Crippen LogP contribution in [0.2, 0.25) is 0 Å². The predicted molar refractivity (Wildman–Crippen MR) is 63.5 cm³/mol. The van der Waals surface area contributed by atoms with E-state index in [2.05, 4.69) is 9.97 Å². The van der Waals surface area contributed by atoms with Crippen LogP contribution in [0.5, 0.6) is 11.5 Å². The highest BCUT2D eigenvalue weighted by Gasteiger charge is 2.10. The standard InChI is InChI=1S/C10H8N2O5S/c13-7-1-3-11-5-9(7)16-18(15)17-10-6-12-4-2-8(10)14/h1-6H,(H,11,13)(H,12,14). The van der Waals surface area contributed by atoms with Gasteiger partial charge in [-0.3, -0.25) is 9.59 Å². The number of aromatic nitrogens is 2. The summed E-state index contributed by atoms with van der Waals surface area (Å²) in [6, 6.07) is 2.42. The van der Waals surface area contributed by atoms with E-state index >= 15 is 0 Å². The van der Waals surface area contributed by atoms with Crippen molar-refractivity contribution in [2.45, 2.75) is 0 Å². The van der Waals surface area contributed by atoms with Crippen molar-refractivity contribution in [2.24, 2.45) is 0 Å². The first kappa shape index (κ1) is 12.1. The summed E-state index contributed by atoms with van der Waals surface area (Å²) in [5, 5.41) is 0. The van der Waals surface area contributed by atoms with Crippen molar-refractivity contribution >= 4 is 11.4 Å². The van der Waals surface area contributed by atoms with Crippen LogP contribution in [0.3, 0.4) is 0 Å². The summed E-state index contributed by atoms with van der Waals surface area (Å²) in [5.41, 5.74) is -0.902. The fourth-order valence-electron chi connectivity index (χ4n) is 1.10. The number of aromatic amines is 2. The van der Waals surface area contributed by atoms with Crippen LogP contribution in [0.4, 0.5) is 0 Å². The first-order chi connectivity index (χ1) is 8.66. The van der Waals surface area contributed by atoms with Crippen LogP contribution in [-0.2, 0) is 11.4 Å². The van der Waals surface area contributed by atoms with E-state index < -0.39 is 22.2 Å². The summed E-state index contributed by atoms with van der Waals surface area (Å²) in [6.45, 7) is 0. The highest BCUT2D eigenvalue weighted by Crippen LogP contribution is 2.06. The molecule has 0 atom stereocenters. The fraction of sp³-hybridized carbons (Fsp3) is 0. The van der Waals surface area contributed by atoms with Crippen molar-refractivity contribution in [3.05, 3.63) is 57.4 Å². The Kier molecular flexibility index (Phi) is 3.58. The van der Waals surface area contributed by atoms with Crippen LogP contribution in [0.15, 0.2) is 46.5 Å². The number of hydrogen-bond donors (Lipinski definition) is 2. The summed E-state index contributed by atoms with van der Waals surface area (Å²) in [6.07, 6.45) is 5.28. The average molecular weight is 268 g/mol. The highest BCUT2D eigenvalue weighted by molar-refractivity contribution is 7.75. The van der Waals surface area contributed by atoms with Crippen LogP contribution >= 0.6 is 0 Å². The van der Waals surface area contributed by atoms with E-state index in [0.717, 1.165) is 0 Å². The number of hydrogen-bond acceptors (Lipinski definition) is 5. The van der Waals surface area contributed by atoms with Crippen LogP contribution in [-0.4, -0.2) is 14.2 Å². The Morgan fingerprint density at radius 1 is 0.889 bits per heavy atom. The molecule has 0 saturated carbocycles. The first-order valence-corrected chi connectivity index (χ1v) is 5.79. The van der Waals surface area contributed by atoms with Crippen molar-refractivity contribution in [3.63, 3.8) is 0 Å². The molecule has 0 amide bonds. The zero-order valence-corrected chi connectivity index (χ0v) is 9.73. The van der Waals surface area contributed by atoms with Gasteiger partial charge in [0.1, 0.15) is 0 Å². The van der Waals surface area contributed by atoms with Gasteiger partial charge in [0.25, 0.3) is 0 Å². The summed E-state index contributed by atoms with van der Waals surface area (Å²) in [7, 11) is 0. The Labute approximate surface area is 103 Å². The number of rotatable bonds is 4. The Hall–Kier alpha value is -2.35. The van der Waals surface area contributed by atoms with Gasteiger partial charge in [0, 0.05) is 36.9 Å². The average Bonchev–Trinajstić information content (AvgIpc) is 2.35. The molecule has 94 valence electrons. The van der Waals surface area contributed by atoms with Crippen molar-refractivity contribution in [2.75, 3.05) is 0 Å². The summed E-state index contributed by atoms with van der Waals surface area (Å²) >= 11 is -2.28. The van der Waals surface area contributed by atoms with Gasteiger partial charge in [-0.1, -0.05) is 0 Å². The van der Waals surface area contributed by atoms with Gasteiger partial charge in [-0.25, -0.2) is 0 Å². The molecule has 0 aliphatic heterocycles. The second-order valence-corrected chi connectivity index (χ2v) is 3.86. The molecule has 0 fully saturated rings. The van der Waals surface area contributed by atoms with Crippen molar-refractivity contribution in [3.8, 4) is 11.5 Å². The van der Waals surface area contributed by atoms with Gasteiger partial charge in [-0.05, 0) is 0 Å². The topological polar surface area (TPSA) is 101 Å². The Balaban J connectivity index is 2.11. The SMILES string of the molecule is O=c1cc[nH]cc1OS(=O)Oc1c[nH]ccc1=O. The van der Waals surface area contributed by atoms with Crippen molar-refractivity contribution in [1.82, 2.24) is 9.97 Å². The molecule has 2 heterocycles. The maximum absolute atomic E-state index is 11.4. The van der Waals surface area contributed by atoms with Gasteiger partial charge >= 0.3 is 11.4 Å². The molecular weight excluding hydrogens is 260 g/mol. The molecule has 2 N–H and O–H groups in total. The lowest BCUT2D eigenvalue weighted by atomic mass is 10.4. The third-order valence-electron chi connectivity index (χ3n) is 1.89.